The average Bonchev–Trinajstić information content (AvgIpc) is 3.54. The van der Waals surface area contributed by atoms with Crippen LogP contribution in [0.25, 0.3) is 55.3 Å². The molecule has 0 radical (unpaired) electrons. The van der Waals surface area contributed by atoms with E-state index in [4.69, 9.17) is 11.5 Å². The molecule has 8 aromatic rings. The Kier molecular flexibility index (Phi) is 7.80. The molecule has 1 aromatic heterocycles. The number of allylic oxidation sites excluding steroid dienone is 2. The molecule has 4 N–H and O–H groups in total. The standard InChI is InChI=1S/C48H38N4/c49-40-22-15-35(16-23-40)38-29-31-48(50,32-30-38)52(42-24-17-36(18-25-42)34-9-3-1-4-10-34)43-26-19-37(20-27-43)39-21-28-47-45(33-39)44-13-7-8-14-46(44)51(47)41-11-5-2-6-12-41/h1-31,33H,32,49-50H2. The van der Waals surface area contributed by atoms with E-state index in [2.05, 4.69) is 185 Å². The SMILES string of the molecule is Nc1ccc(C2=CCC(N)(N(c3ccc(-c4ccccc4)cc3)c3ccc(-c4ccc5c(c4)c4ccccc4n5-c4ccccc4)cc3)C=C2)cc1. The van der Waals surface area contributed by atoms with Crippen molar-refractivity contribution in [2.45, 2.75) is 12.1 Å². The van der Waals surface area contributed by atoms with Crippen LogP contribution < -0.4 is 16.4 Å². The fourth-order valence-electron chi connectivity index (χ4n) is 7.57. The maximum atomic E-state index is 7.37. The van der Waals surface area contributed by atoms with E-state index < -0.39 is 5.66 Å². The lowest BCUT2D eigenvalue weighted by molar-refractivity contribution is 0.541. The molecule has 9 rings (SSSR count). The van der Waals surface area contributed by atoms with Gasteiger partial charge in [-0.05, 0) is 106 Å². The summed E-state index contributed by atoms with van der Waals surface area (Å²) < 4.78 is 2.35. The van der Waals surface area contributed by atoms with Crippen LogP contribution in [0.15, 0.2) is 194 Å². The number of rotatable bonds is 7. The topological polar surface area (TPSA) is 60.2 Å². The Morgan fingerprint density at radius 1 is 0.500 bits per heavy atom. The monoisotopic (exact) mass is 670 g/mol. The van der Waals surface area contributed by atoms with Gasteiger partial charge in [0, 0.05) is 39.9 Å². The van der Waals surface area contributed by atoms with Crippen molar-refractivity contribution in [3.63, 3.8) is 0 Å². The van der Waals surface area contributed by atoms with Gasteiger partial charge in [-0.15, -0.1) is 0 Å². The molecule has 1 heterocycles. The molecule has 0 fully saturated rings. The van der Waals surface area contributed by atoms with Crippen LogP contribution in [-0.4, -0.2) is 10.2 Å². The normalized spacial score (nSPS) is 15.5. The molecule has 1 atom stereocenters. The molecule has 1 aliphatic rings. The number of hydrogen-bond donors (Lipinski definition) is 2. The molecule has 250 valence electrons. The second-order valence-electron chi connectivity index (χ2n) is 13.5. The van der Waals surface area contributed by atoms with Crippen molar-refractivity contribution in [2.24, 2.45) is 5.73 Å². The van der Waals surface area contributed by atoms with E-state index in [1.54, 1.807) is 0 Å². The van der Waals surface area contributed by atoms with Crippen LogP contribution in [0.4, 0.5) is 17.1 Å². The van der Waals surface area contributed by atoms with Gasteiger partial charge in [-0.2, -0.15) is 0 Å². The maximum absolute atomic E-state index is 7.37. The van der Waals surface area contributed by atoms with Gasteiger partial charge in [0.1, 0.15) is 5.66 Å². The molecular weight excluding hydrogens is 633 g/mol. The number of benzene rings is 7. The number of nitrogens with two attached hydrogens (primary N) is 2. The third kappa shape index (κ3) is 5.65. The third-order valence-corrected chi connectivity index (χ3v) is 10.2. The first kappa shape index (κ1) is 31.4. The zero-order chi connectivity index (χ0) is 35.1. The van der Waals surface area contributed by atoms with Crippen LogP contribution >= 0.6 is 0 Å². The van der Waals surface area contributed by atoms with Crippen molar-refractivity contribution in [1.29, 1.82) is 0 Å². The van der Waals surface area contributed by atoms with Crippen LogP contribution in [0, 0.1) is 0 Å². The van der Waals surface area contributed by atoms with Crippen molar-refractivity contribution >= 4 is 44.4 Å². The van der Waals surface area contributed by atoms with E-state index in [0.29, 0.717) is 6.42 Å². The fourth-order valence-corrected chi connectivity index (χ4v) is 7.57. The van der Waals surface area contributed by atoms with Gasteiger partial charge < -0.3 is 20.9 Å². The largest absolute Gasteiger partial charge is 0.399 e. The fraction of sp³-hybridized carbons (Fsp3) is 0.0417. The predicted molar refractivity (Wildman–Crippen MR) is 220 cm³/mol. The second-order valence-corrected chi connectivity index (χ2v) is 13.5. The van der Waals surface area contributed by atoms with E-state index in [1.165, 1.54) is 38.5 Å². The molecule has 7 aromatic carbocycles. The van der Waals surface area contributed by atoms with Crippen LogP contribution in [0.5, 0.6) is 0 Å². The van der Waals surface area contributed by atoms with Gasteiger partial charge in [-0.25, -0.2) is 0 Å². The molecule has 0 saturated heterocycles. The number of aromatic nitrogens is 1. The van der Waals surface area contributed by atoms with Crippen LogP contribution in [0.1, 0.15) is 12.0 Å². The van der Waals surface area contributed by atoms with Gasteiger partial charge in [0.15, 0.2) is 0 Å². The lowest BCUT2D eigenvalue weighted by atomic mass is 9.91. The zero-order valence-corrected chi connectivity index (χ0v) is 28.7. The molecule has 52 heavy (non-hydrogen) atoms. The van der Waals surface area contributed by atoms with Gasteiger partial charge in [0.05, 0.1) is 11.0 Å². The quantitative estimate of drug-likeness (QED) is 0.131. The molecule has 0 spiro atoms. The smallest absolute Gasteiger partial charge is 0.116 e. The van der Waals surface area contributed by atoms with E-state index >= 15 is 0 Å². The summed E-state index contributed by atoms with van der Waals surface area (Å²) in [5.74, 6) is 0. The van der Waals surface area contributed by atoms with Gasteiger partial charge in [0.2, 0.25) is 0 Å². The molecule has 4 nitrogen and oxygen atoms in total. The Bertz CT molecular complexity index is 2580. The summed E-state index contributed by atoms with van der Waals surface area (Å²) in [4.78, 5) is 2.26. The molecule has 0 saturated carbocycles. The van der Waals surface area contributed by atoms with Crippen molar-refractivity contribution in [3.05, 3.63) is 200 Å². The Balaban J connectivity index is 1.09. The highest BCUT2D eigenvalue weighted by Gasteiger charge is 2.33. The number of hydrogen-bond acceptors (Lipinski definition) is 3. The highest BCUT2D eigenvalue weighted by atomic mass is 15.3. The summed E-state index contributed by atoms with van der Waals surface area (Å²) in [5, 5.41) is 2.48. The summed E-state index contributed by atoms with van der Waals surface area (Å²) in [7, 11) is 0. The minimum atomic E-state index is -0.786. The number of nitrogen functional groups attached to an aromatic ring is 1. The van der Waals surface area contributed by atoms with Gasteiger partial charge in [-0.1, -0.05) is 121 Å². The second kappa shape index (κ2) is 12.9. The van der Waals surface area contributed by atoms with Crippen LogP contribution in [0.3, 0.4) is 0 Å². The molecule has 1 aliphatic carbocycles. The summed E-state index contributed by atoms with van der Waals surface area (Å²) in [5.41, 5.74) is 25.8. The third-order valence-electron chi connectivity index (χ3n) is 10.2. The molecule has 0 amide bonds. The Morgan fingerprint density at radius 2 is 1.04 bits per heavy atom. The minimum Gasteiger partial charge on any atom is -0.399 e. The first-order valence-electron chi connectivity index (χ1n) is 17.7. The lowest BCUT2D eigenvalue weighted by Crippen LogP contribution is -2.53. The molecule has 4 heteroatoms. The van der Waals surface area contributed by atoms with Crippen LogP contribution in [0.2, 0.25) is 0 Å². The number of fused-ring (bicyclic) bond motifs is 3. The van der Waals surface area contributed by atoms with E-state index in [0.717, 1.165) is 39.4 Å². The van der Waals surface area contributed by atoms with E-state index in [-0.39, 0.29) is 0 Å². The zero-order valence-electron chi connectivity index (χ0n) is 28.7. The minimum absolute atomic E-state index is 0.632. The molecule has 1 unspecified atom stereocenters. The van der Waals surface area contributed by atoms with Crippen molar-refractivity contribution in [2.75, 3.05) is 10.6 Å². The summed E-state index contributed by atoms with van der Waals surface area (Å²) >= 11 is 0. The van der Waals surface area contributed by atoms with Gasteiger partial charge in [0.25, 0.3) is 0 Å². The van der Waals surface area contributed by atoms with E-state index in [9.17, 15) is 0 Å². The summed E-state index contributed by atoms with van der Waals surface area (Å²) in [6.07, 6.45) is 7.13. The van der Waals surface area contributed by atoms with Crippen molar-refractivity contribution in [3.8, 4) is 27.9 Å². The number of para-hydroxylation sites is 2. The average molecular weight is 671 g/mol. The molecule has 0 aliphatic heterocycles. The van der Waals surface area contributed by atoms with E-state index in [1.807, 2.05) is 18.2 Å². The maximum Gasteiger partial charge on any atom is 0.116 e. The molecular formula is C48H38N4. The van der Waals surface area contributed by atoms with Gasteiger partial charge in [-0.3, -0.25) is 0 Å². The lowest BCUT2D eigenvalue weighted by Gasteiger charge is -2.42. The Morgan fingerprint density at radius 3 is 1.69 bits per heavy atom. The van der Waals surface area contributed by atoms with Crippen LogP contribution in [-0.2, 0) is 0 Å². The van der Waals surface area contributed by atoms with Crippen molar-refractivity contribution in [1.82, 2.24) is 4.57 Å². The van der Waals surface area contributed by atoms with Crippen molar-refractivity contribution < 1.29 is 0 Å². The first-order valence-corrected chi connectivity index (χ1v) is 17.7. The highest BCUT2D eigenvalue weighted by Crippen LogP contribution is 2.40. The highest BCUT2D eigenvalue weighted by molar-refractivity contribution is 6.10. The number of anilines is 3. The molecule has 0 bridgehead atoms. The Labute approximate surface area is 304 Å². The summed E-state index contributed by atoms with van der Waals surface area (Å²) in [6, 6.07) is 62.0. The predicted octanol–water partition coefficient (Wildman–Crippen LogP) is 11.5. The number of nitrogens with zero attached hydrogens (tertiary/aromatic N) is 2. The van der Waals surface area contributed by atoms with Gasteiger partial charge >= 0.3 is 0 Å². The first-order chi connectivity index (χ1) is 25.5. The summed E-state index contributed by atoms with van der Waals surface area (Å²) in [6.45, 7) is 0. The Hall–Kier alpha value is -6.62.